The zero-order chi connectivity index (χ0) is 16.7. The Morgan fingerprint density at radius 1 is 1.22 bits per heavy atom. The average molecular weight is 333 g/mol. The molecule has 1 aromatic carbocycles. The molecule has 2 N–H and O–H groups in total. The summed E-state index contributed by atoms with van der Waals surface area (Å²) in [5, 5.41) is 0.541. The molecule has 1 heterocycles. The maximum Gasteiger partial charge on any atom is 0.244 e. The van der Waals surface area contributed by atoms with Gasteiger partial charge in [0.1, 0.15) is 5.54 Å². The number of hydrogen-bond acceptors (Lipinski definition) is 4. The minimum absolute atomic E-state index is 0.151. The van der Waals surface area contributed by atoms with Gasteiger partial charge in [-0.3, -0.25) is 9.78 Å². The highest BCUT2D eigenvalue weighted by Gasteiger charge is 2.48. The molecular formula is C16H19N3O3S. The first-order chi connectivity index (χ1) is 10.9. The summed E-state index contributed by atoms with van der Waals surface area (Å²) in [7, 11) is -2.41. The number of benzene rings is 1. The van der Waals surface area contributed by atoms with Gasteiger partial charge in [0.2, 0.25) is 15.9 Å². The van der Waals surface area contributed by atoms with E-state index in [0.29, 0.717) is 23.7 Å². The molecule has 1 amide bonds. The third kappa shape index (κ3) is 2.40. The Morgan fingerprint density at radius 2 is 1.91 bits per heavy atom. The van der Waals surface area contributed by atoms with Crippen LogP contribution in [0, 0.1) is 0 Å². The highest BCUT2D eigenvalue weighted by molar-refractivity contribution is 7.89. The first-order valence-corrected chi connectivity index (χ1v) is 8.96. The lowest BCUT2D eigenvalue weighted by Crippen LogP contribution is -2.56. The van der Waals surface area contributed by atoms with Crippen molar-refractivity contribution >= 4 is 26.8 Å². The minimum atomic E-state index is -3.86. The summed E-state index contributed by atoms with van der Waals surface area (Å²) in [5.41, 5.74) is 5.03. The van der Waals surface area contributed by atoms with Crippen molar-refractivity contribution in [1.29, 1.82) is 0 Å². The van der Waals surface area contributed by atoms with Crippen LogP contribution >= 0.6 is 0 Å². The van der Waals surface area contributed by atoms with E-state index in [2.05, 4.69) is 4.98 Å². The van der Waals surface area contributed by atoms with Crippen LogP contribution in [0.25, 0.3) is 10.9 Å². The first kappa shape index (κ1) is 15.9. The molecule has 0 atom stereocenters. The second-order valence-corrected chi connectivity index (χ2v) is 7.84. The summed E-state index contributed by atoms with van der Waals surface area (Å²) in [6.07, 6.45) is 4.12. The van der Waals surface area contributed by atoms with E-state index in [1.54, 1.807) is 36.5 Å². The van der Waals surface area contributed by atoms with Crippen molar-refractivity contribution in [2.45, 2.75) is 36.1 Å². The summed E-state index contributed by atoms with van der Waals surface area (Å²) in [6.45, 7) is 0. The van der Waals surface area contributed by atoms with Gasteiger partial charge in [0.15, 0.2) is 0 Å². The van der Waals surface area contributed by atoms with Crippen molar-refractivity contribution in [3.63, 3.8) is 0 Å². The van der Waals surface area contributed by atoms with Gasteiger partial charge in [-0.05, 0) is 37.1 Å². The Balaban J connectivity index is 2.15. The number of fused-ring (bicyclic) bond motifs is 1. The molecule has 3 rings (SSSR count). The van der Waals surface area contributed by atoms with Crippen molar-refractivity contribution in [2.24, 2.45) is 5.73 Å². The molecule has 1 aliphatic rings. The van der Waals surface area contributed by atoms with E-state index in [1.165, 1.54) is 7.05 Å². The highest BCUT2D eigenvalue weighted by atomic mass is 32.2. The first-order valence-electron chi connectivity index (χ1n) is 7.52. The number of hydrogen-bond donors (Lipinski definition) is 1. The van der Waals surface area contributed by atoms with Crippen LogP contribution < -0.4 is 5.73 Å². The number of likely N-dealkylation sites (N-methyl/N-ethyl adjacent to an activating group) is 1. The second-order valence-electron chi connectivity index (χ2n) is 5.90. The van der Waals surface area contributed by atoms with Crippen LogP contribution in [0.15, 0.2) is 41.4 Å². The van der Waals surface area contributed by atoms with Crippen LogP contribution in [0.1, 0.15) is 25.7 Å². The summed E-state index contributed by atoms with van der Waals surface area (Å²) < 4.78 is 27.4. The number of aromatic nitrogens is 1. The Kier molecular flexibility index (Phi) is 3.85. The summed E-state index contributed by atoms with van der Waals surface area (Å²) >= 11 is 0. The molecular weight excluding hydrogens is 314 g/mol. The van der Waals surface area contributed by atoms with E-state index >= 15 is 0 Å². The van der Waals surface area contributed by atoms with Gasteiger partial charge < -0.3 is 5.73 Å². The van der Waals surface area contributed by atoms with Crippen molar-refractivity contribution in [2.75, 3.05) is 7.05 Å². The Morgan fingerprint density at radius 3 is 2.57 bits per heavy atom. The number of primary amides is 1. The normalized spacial score (nSPS) is 17.7. The molecule has 6 nitrogen and oxygen atoms in total. The minimum Gasteiger partial charge on any atom is -0.368 e. The van der Waals surface area contributed by atoms with Crippen molar-refractivity contribution < 1.29 is 13.2 Å². The van der Waals surface area contributed by atoms with E-state index in [-0.39, 0.29) is 4.90 Å². The van der Waals surface area contributed by atoms with E-state index < -0.39 is 21.5 Å². The number of nitrogens with zero attached hydrogens (tertiary/aromatic N) is 2. The van der Waals surface area contributed by atoms with Crippen LogP contribution in [0.2, 0.25) is 0 Å². The number of carbonyl (C=O) groups is 1. The van der Waals surface area contributed by atoms with Gasteiger partial charge in [-0.1, -0.05) is 18.9 Å². The van der Waals surface area contributed by atoms with E-state index in [1.807, 2.05) is 0 Å². The number of rotatable bonds is 4. The third-order valence-corrected chi connectivity index (χ3v) is 6.72. The molecule has 0 saturated heterocycles. The lowest BCUT2D eigenvalue weighted by Gasteiger charge is -2.35. The van der Waals surface area contributed by atoms with E-state index in [9.17, 15) is 13.2 Å². The lowest BCUT2D eigenvalue weighted by atomic mass is 9.97. The Hall–Kier alpha value is -1.99. The van der Waals surface area contributed by atoms with E-state index in [4.69, 9.17) is 5.73 Å². The molecule has 1 saturated carbocycles. The predicted octanol–water partition coefficient (Wildman–Crippen LogP) is 1.65. The van der Waals surface area contributed by atoms with Crippen LogP contribution in [0.4, 0.5) is 0 Å². The highest BCUT2D eigenvalue weighted by Crippen LogP contribution is 2.38. The van der Waals surface area contributed by atoms with E-state index in [0.717, 1.165) is 17.1 Å². The quantitative estimate of drug-likeness (QED) is 0.920. The molecule has 0 spiro atoms. The summed E-state index contributed by atoms with van der Waals surface area (Å²) in [5.74, 6) is -0.584. The number of amides is 1. The molecule has 122 valence electrons. The van der Waals surface area contributed by atoms with Gasteiger partial charge in [0.05, 0.1) is 10.4 Å². The van der Waals surface area contributed by atoms with Crippen molar-refractivity contribution in [3.05, 3.63) is 36.5 Å². The molecule has 0 aliphatic heterocycles. The van der Waals surface area contributed by atoms with Crippen LogP contribution in [-0.4, -0.2) is 36.2 Å². The zero-order valence-electron chi connectivity index (χ0n) is 12.9. The van der Waals surface area contributed by atoms with Crippen LogP contribution in [0.3, 0.4) is 0 Å². The predicted molar refractivity (Wildman–Crippen MR) is 87.1 cm³/mol. The van der Waals surface area contributed by atoms with Gasteiger partial charge in [-0.25, -0.2) is 8.42 Å². The number of nitrogens with two attached hydrogens (primary N) is 1. The fraction of sp³-hybridized carbons (Fsp3) is 0.375. The van der Waals surface area contributed by atoms with Crippen LogP contribution in [0.5, 0.6) is 0 Å². The maximum absolute atomic E-state index is 13.1. The second kappa shape index (κ2) is 5.58. The lowest BCUT2D eigenvalue weighted by molar-refractivity contribution is -0.126. The van der Waals surface area contributed by atoms with Gasteiger partial charge in [0, 0.05) is 18.6 Å². The van der Waals surface area contributed by atoms with Crippen molar-refractivity contribution in [1.82, 2.24) is 9.29 Å². The molecule has 1 aliphatic carbocycles. The van der Waals surface area contributed by atoms with Crippen molar-refractivity contribution in [3.8, 4) is 0 Å². The average Bonchev–Trinajstić information content (AvgIpc) is 3.04. The van der Waals surface area contributed by atoms with Crippen LogP contribution in [-0.2, 0) is 14.8 Å². The molecule has 2 aromatic rings. The molecule has 0 bridgehead atoms. The largest absolute Gasteiger partial charge is 0.368 e. The molecule has 7 heteroatoms. The Labute approximate surface area is 135 Å². The SMILES string of the molecule is CN(C1(C(N)=O)CCCC1)S(=O)(=O)c1cccc2ncccc12. The number of pyridine rings is 1. The maximum atomic E-state index is 13.1. The zero-order valence-corrected chi connectivity index (χ0v) is 13.7. The number of carbonyl (C=O) groups excluding carboxylic acids is 1. The Bertz CT molecular complexity index is 853. The molecule has 0 radical (unpaired) electrons. The third-order valence-electron chi connectivity index (χ3n) is 4.74. The number of sulfonamides is 1. The van der Waals surface area contributed by atoms with Gasteiger partial charge >= 0.3 is 0 Å². The standard InChI is InChI=1S/C16H19N3O3S/c1-19(16(15(17)20)9-2-3-10-16)23(21,22)14-8-4-7-13-12(14)6-5-11-18-13/h4-8,11H,2-3,9-10H2,1H3,(H2,17,20). The fourth-order valence-corrected chi connectivity index (χ4v) is 5.08. The van der Waals surface area contributed by atoms with Gasteiger partial charge in [-0.2, -0.15) is 4.31 Å². The topological polar surface area (TPSA) is 93.4 Å². The molecule has 0 unspecified atom stereocenters. The molecule has 23 heavy (non-hydrogen) atoms. The smallest absolute Gasteiger partial charge is 0.244 e. The summed E-state index contributed by atoms with van der Waals surface area (Å²) in [6, 6.07) is 8.37. The van der Waals surface area contributed by atoms with Gasteiger partial charge in [0.25, 0.3) is 0 Å². The molecule has 1 fully saturated rings. The summed E-state index contributed by atoms with van der Waals surface area (Å²) in [4.78, 5) is 16.4. The fourth-order valence-electron chi connectivity index (χ4n) is 3.35. The monoisotopic (exact) mass is 333 g/mol. The molecule has 1 aromatic heterocycles. The van der Waals surface area contributed by atoms with Gasteiger partial charge in [-0.15, -0.1) is 0 Å².